The molecule has 0 saturated carbocycles. The van der Waals surface area contributed by atoms with Crippen molar-refractivity contribution in [3.8, 4) is 0 Å². The molecule has 5 nitrogen and oxygen atoms in total. The largest absolute Gasteiger partial charge is 0.351 e. The first-order valence-electron chi connectivity index (χ1n) is 4.95. The minimum atomic E-state index is -0.146. The summed E-state index contributed by atoms with van der Waals surface area (Å²) in [7, 11) is 1.75. The van der Waals surface area contributed by atoms with Gasteiger partial charge >= 0.3 is 0 Å². The highest BCUT2D eigenvalue weighted by Crippen LogP contribution is 2.30. The number of anilines is 3. The monoisotopic (exact) mass is 214 g/mol. The number of carbonyl (C=O) groups excluding carboxylic acids is 1. The summed E-state index contributed by atoms with van der Waals surface area (Å²) in [6.07, 6.45) is 1.65. The van der Waals surface area contributed by atoms with Crippen molar-refractivity contribution in [3.05, 3.63) is 36.2 Å². The van der Waals surface area contributed by atoms with E-state index in [-0.39, 0.29) is 5.91 Å². The summed E-state index contributed by atoms with van der Waals surface area (Å²) < 4.78 is 1.56. The highest BCUT2D eigenvalue weighted by molar-refractivity contribution is 6.10. The fourth-order valence-corrected chi connectivity index (χ4v) is 1.83. The van der Waals surface area contributed by atoms with Crippen molar-refractivity contribution in [2.24, 2.45) is 7.05 Å². The first-order chi connectivity index (χ1) is 7.75. The van der Waals surface area contributed by atoms with Crippen LogP contribution >= 0.6 is 0 Å². The van der Waals surface area contributed by atoms with Gasteiger partial charge in [-0.1, -0.05) is 12.1 Å². The van der Waals surface area contributed by atoms with Gasteiger partial charge in [0.05, 0.1) is 23.3 Å². The van der Waals surface area contributed by atoms with E-state index in [4.69, 9.17) is 0 Å². The van der Waals surface area contributed by atoms with Gasteiger partial charge in [0.2, 0.25) is 0 Å². The number of aromatic nitrogens is 2. The van der Waals surface area contributed by atoms with Gasteiger partial charge in [-0.2, -0.15) is 5.10 Å². The first-order valence-corrected chi connectivity index (χ1v) is 4.95. The van der Waals surface area contributed by atoms with Gasteiger partial charge in [-0.05, 0) is 12.1 Å². The van der Waals surface area contributed by atoms with E-state index in [1.54, 1.807) is 17.9 Å². The third kappa shape index (κ3) is 1.18. The molecule has 3 rings (SSSR count). The van der Waals surface area contributed by atoms with Crippen molar-refractivity contribution < 1.29 is 4.79 Å². The van der Waals surface area contributed by atoms with Gasteiger partial charge in [-0.25, -0.2) is 0 Å². The minimum absolute atomic E-state index is 0.146. The second kappa shape index (κ2) is 3.10. The molecule has 1 aliphatic heterocycles. The van der Waals surface area contributed by atoms with Crippen LogP contribution in [0.5, 0.6) is 0 Å². The van der Waals surface area contributed by atoms with Crippen LogP contribution in [-0.4, -0.2) is 15.7 Å². The van der Waals surface area contributed by atoms with E-state index in [0.717, 1.165) is 17.1 Å². The number of rotatable bonds is 0. The van der Waals surface area contributed by atoms with Crippen molar-refractivity contribution >= 4 is 23.0 Å². The Morgan fingerprint density at radius 1 is 1.12 bits per heavy atom. The number of nitrogens with one attached hydrogen (secondary N) is 2. The van der Waals surface area contributed by atoms with Crippen LogP contribution in [0, 0.1) is 0 Å². The van der Waals surface area contributed by atoms with Crippen LogP contribution in [0.4, 0.5) is 17.1 Å². The molecule has 16 heavy (non-hydrogen) atoms. The molecule has 5 heteroatoms. The van der Waals surface area contributed by atoms with E-state index >= 15 is 0 Å². The number of fused-ring (bicyclic) bond motifs is 2. The Kier molecular flexibility index (Phi) is 1.73. The molecule has 0 radical (unpaired) electrons. The van der Waals surface area contributed by atoms with E-state index in [2.05, 4.69) is 15.7 Å². The van der Waals surface area contributed by atoms with Crippen LogP contribution in [0.2, 0.25) is 0 Å². The van der Waals surface area contributed by atoms with Gasteiger partial charge in [0.1, 0.15) is 5.69 Å². The second-order valence-electron chi connectivity index (χ2n) is 3.66. The summed E-state index contributed by atoms with van der Waals surface area (Å²) in [6.45, 7) is 0. The highest BCUT2D eigenvalue weighted by Gasteiger charge is 2.21. The normalized spacial score (nSPS) is 13.2. The fraction of sp³-hybridized carbons (Fsp3) is 0.0909. The van der Waals surface area contributed by atoms with Gasteiger partial charge in [0.15, 0.2) is 0 Å². The molecule has 1 amide bonds. The first kappa shape index (κ1) is 8.96. The van der Waals surface area contributed by atoms with Crippen LogP contribution in [0.1, 0.15) is 10.5 Å². The topological polar surface area (TPSA) is 59.0 Å². The highest BCUT2D eigenvalue weighted by atomic mass is 16.2. The zero-order chi connectivity index (χ0) is 11.1. The molecule has 0 aliphatic carbocycles. The molecule has 0 fully saturated rings. The Morgan fingerprint density at radius 3 is 2.56 bits per heavy atom. The summed E-state index contributed by atoms with van der Waals surface area (Å²) in [5.74, 6) is -0.146. The van der Waals surface area contributed by atoms with Crippen molar-refractivity contribution in [3.63, 3.8) is 0 Å². The predicted molar refractivity (Wildman–Crippen MR) is 60.9 cm³/mol. The van der Waals surface area contributed by atoms with Crippen molar-refractivity contribution in [2.75, 3.05) is 10.6 Å². The lowest BCUT2D eigenvalue weighted by atomic mass is 10.2. The van der Waals surface area contributed by atoms with Crippen molar-refractivity contribution in [2.45, 2.75) is 0 Å². The fourth-order valence-electron chi connectivity index (χ4n) is 1.83. The Labute approximate surface area is 92.1 Å². The number of aryl methyl sites for hydroxylation is 1. The number of hydrogen-bond acceptors (Lipinski definition) is 3. The third-order valence-electron chi connectivity index (χ3n) is 2.60. The Hall–Kier alpha value is -2.30. The molecule has 2 aromatic rings. The van der Waals surface area contributed by atoms with Crippen LogP contribution in [0.3, 0.4) is 0 Å². The quantitative estimate of drug-likeness (QED) is 0.702. The molecular weight excluding hydrogens is 204 g/mol. The third-order valence-corrected chi connectivity index (χ3v) is 2.60. The minimum Gasteiger partial charge on any atom is -0.351 e. The Balaban J connectivity index is 2.19. The lowest BCUT2D eigenvalue weighted by Crippen LogP contribution is -2.15. The van der Waals surface area contributed by atoms with E-state index in [9.17, 15) is 4.79 Å². The number of hydrogen-bond donors (Lipinski definition) is 2. The average molecular weight is 214 g/mol. The summed E-state index contributed by atoms with van der Waals surface area (Å²) in [5, 5.41) is 10.1. The Bertz CT molecular complexity index is 573. The Morgan fingerprint density at radius 2 is 1.81 bits per heavy atom. The predicted octanol–water partition coefficient (Wildman–Crippen LogP) is 1.73. The molecule has 0 spiro atoms. The number of carbonyl (C=O) groups is 1. The van der Waals surface area contributed by atoms with Crippen molar-refractivity contribution in [1.29, 1.82) is 0 Å². The molecule has 2 N–H and O–H groups in total. The number of para-hydroxylation sites is 2. The molecule has 80 valence electrons. The lowest BCUT2D eigenvalue weighted by molar-refractivity contribution is 0.101. The molecule has 0 bridgehead atoms. The van der Waals surface area contributed by atoms with Crippen LogP contribution in [0.25, 0.3) is 0 Å². The maximum Gasteiger partial charge on any atom is 0.276 e. The molecule has 2 heterocycles. The zero-order valence-electron chi connectivity index (χ0n) is 8.69. The number of amides is 1. The van der Waals surface area contributed by atoms with Gasteiger partial charge < -0.3 is 10.6 Å². The van der Waals surface area contributed by atoms with E-state index < -0.39 is 0 Å². The molecular formula is C11H10N4O. The van der Waals surface area contributed by atoms with Gasteiger partial charge in [-0.3, -0.25) is 9.48 Å². The van der Waals surface area contributed by atoms with E-state index in [0.29, 0.717) is 5.69 Å². The maximum atomic E-state index is 11.9. The van der Waals surface area contributed by atoms with Gasteiger partial charge in [0, 0.05) is 7.05 Å². The molecule has 0 atom stereocenters. The van der Waals surface area contributed by atoms with Crippen LogP contribution in [0.15, 0.2) is 30.5 Å². The lowest BCUT2D eigenvalue weighted by Gasteiger charge is -2.06. The standard InChI is InChI=1S/C11H10N4O/c1-15-10-9(6-12-15)13-7-4-2-3-5-8(7)14-11(10)16/h2-6,13H,1H3,(H,14,16). The summed E-state index contributed by atoms with van der Waals surface area (Å²) in [4.78, 5) is 11.9. The van der Waals surface area contributed by atoms with Gasteiger partial charge in [0.25, 0.3) is 5.91 Å². The number of benzene rings is 1. The van der Waals surface area contributed by atoms with Crippen LogP contribution in [-0.2, 0) is 7.05 Å². The van der Waals surface area contributed by atoms with E-state index in [1.807, 2.05) is 24.3 Å². The molecule has 1 aromatic carbocycles. The second-order valence-corrected chi connectivity index (χ2v) is 3.66. The maximum absolute atomic E-state index is 11.9. The summed E-state index contributed by atoms with van der Waals surface area (Å²) >= 11 is 0. The molecule has 1 aromatic heterocycles. The smallest absolute Gasteiger partial charge is 0.276 e. The molecule has 0 saturated heterocycles. The summed E-state index contributed by atoms with van der Waals surface area (Å²) in [6, 6.07) is 7.58. The SMILES string of the molecule is Cn1ncc2c1C(=O)Nc1ccccc1N2. The zero-order valence-corrected chi connectivity index (χ0v) is 8.69. The van der Waals surface area contributed by atoms with Crippen LogP contribution < -0.4 is 10.6 Å². The van der Waals surface area contributed by atoms with Gasteiger partial charge in [-0.15, -0.1) is 0 Å². The summed E-state index contributed by atoms with van der Waals surface area (Å²) in [5.41, 5.74) is 2.92. The molecule has 0 unspecified atom stereocenters. The molecule has 1 aliphatic rings. The van der Waals surface area contributed by atoms with Crippen molar-refractivity contribution in [1.82, 2.24) is 9.78 Å². The average Bonchev–Trinajstić information content (AvgIpc) is 2.56. The van der Waals surface area contributed by atoms with E-state index in [1.165, 1.54) is 0 Å². The number of nitrogens with zero attached hydrogens (tertiary/aromatic N) is 2.